The summed E-state index contributed by atoms with van der Waals surface area (Å²) in [6, 6.07) is 9.07. The molecule has 5 heteroatoms. The molecular weight excluding hydrogens is 254 g/mol. The third kappa shape index (κ3) is 5.40. The molecule has 0 aromatic heterocycles. The number of hydrogen-bond acceptors (Lipinski definition) is 2. The van der Waals surface area contributed by atoms with Crippen LogP contribution in [0, 0.1) is 5.92 Å². The van der Waals surface area contributed by atoms with Gasteiger partial charge in [-0.05, 0) is 12.8 Å². The van der Waals surface area contributed by atoms with Crippen LogP contribution < -0.4 is 16.4 Å². The summed E-state index contributed by atoms with van der Waals surface area (Å²) in [4.78, 5) is 22.5. The van der Waals surface area contributed by atoms with Crippen LogP contribution in [-0.2, 0) is 4.79 Å². The number of amides is 3. The molecule has 0 unspecified atom stereocenters. The number of carbonyl (C=O) groups excluding carboxylic acids is 2. The molecule has 0 aliphatic carbocycles. The van der Waals surface area contributed by atoms with Crippen molar-refractivity contribution in [2.24, 2.45) is 11.7 Å². The molecule has 0 saturated heterocycles. The van der Waals surface area contributed by atoms with Crippen molar-refractivity contribution in [3.05, 3.63) is 35.9 Å². The minimum absolute atomic E-state index is 0.185. The first kappa shape index (κ1) is 16.2. The van der Waals surface area contributed by atoms with Crippen molar-refractivity contribution in [2.75, 3.05) is 0 Å². The molecule has 20 heavy (non-hydrogen) atoms. The second-order valence-corrected chi connectivity index (χ2v) is 5.48. The summed E-state index contributed by atoms with van der Waals surface area (Å²) < 4.78 is 0. The van der Waals surface area contributed by atoms with Crippen molar-refractivity contribution < 1.29 is 14.9 Å². The molecule has 3 amide bonds. The van der Waals surface area contributed by atoms with E-state index in [1.54, 1.807) is 6.92 Å². The lowest BCUT2D eigenvalue weighted by atomic mass is 9.96. The Bertz CT molecular complexity index is 446. The van der Waals surface area contributed by atoms with Crippen molar-refractivity contribution in [3.8, 4) is 0 Å². The third-order valence-corrected chi connectivity index (χ3v) is 3.13. The Kier molecular flexibility index (Phi) is 6.18. The molecule has 0 saturated carbocycles. The van der Waals surface area contributed by atoms with Gasteiger partial charge in [-0.1, -0.05) is 44.2 Å². The predicted octanol–water partition coefficient (Wildman–Crippen LogP) is 0.921. The average molecular weight is 278 g/mol. The van der Waals surface area contributed by atoms with Crippen LogP contribution in [0.2, 0.25) is 0 Å². The van der Waals surface area contributed by atoms with Crippen LogP contribution in [-0.4, -0.2) is 18.0 Å². The molecule has 5 N–H and O–H groups in total. The van der Waals surface area contributed by atoms with Crippen molar-refractivity contribution in [1.29, 1.82) is 0 Å². The van der Waals surface area contributed by atoms with Crippen LogP contribution in [0.25, 0.3) is 0 Å². The van der Waals surface area contributed by atoms with E-state index in [0.717, 1.165) is 6.42 Å². The highest BCUT2D eigenvalue weighted by Gasteiger charge is 2.24. The average Bonchev–Trinajstić information content (AvgIpc) is 2.37. The Morgan fingerprint density at radius 2 is 1.80 bits per heavy atom. The number of nitrogens with two attached hydrogens (primary N) is 2. The van der Waals surface area contributed by atoms with E-state index >= 15 is 0 Å². The van der Waals surface area contributed by atoms with Crippen LogP contribution in [0.3, 0.4) is 0 Å². The number of quaternary nitrogens is 1. The van der Waals surface area contributed by atoms with Gasteiger partial charge in [0.2, 0.25) is 0 Å². The van der Waals surface area contributed by atoms with Crippen LogP contribution in [0.1, 0.15) is 38.8 Å². The van der Waals surface area contributed by atoms with E-state index in [1.807, 2.05) is 23.5 Å². The molecule has 0 heterocycles. The Balaban J connectivity index is 2.75. The van der Waals surface area contributed by atoms with Crippen LogP contribution in [0.5, 0.6) is 0 Å². The number of hydrogen-bond donors (Lipinski definition) is 3. The first-order valence-corrected chi connectivity index (χ1v) is 6.90. The van der Waals surface area contributed by atoms with Crippen molar-refractivity contribution in [1.82, 2.24) is 5.32 Å². The largest absolute Gasteiger partial charge is 0.351 e. The molecule has 1 aromatic rings. The molecule has 2 atom stereocenters. The number of primary amides is 1. The number of rotatable bonds is 6. The van der Waals surface area contributed by atoms with Gasteiger partial charge in [-0.3, -0.25) is 10.1 Å². The van der Waals surface area contributed by atoms with E-state index in [-0.39, 0.29) is 18.0 Å². The summed E-state index contributed by atoms with van der Waals surface area (Å²) in [5.74, 6) is 0.157. The highest BCUT2D eigenvalue weighted by molar-refractivity contribution is 5.95. The highest BCUT2D eigenvalue weighted by atomic mass is 16.2. The van der Waals surface area contributed by atoms with Gasteiger partial charge in [0, 0.05) is 12.0 Å². The molecule has 0 radical (unpaired) electrons. The molecule has 1 aromatic carbocycles. The fourth-order valence-electron chi connectivity index (χ4n) is 2.20. The Morgan fingerprint density at radius 3 is 2.30 bits per heavy atom. The topological polar surface area (TPSA) is 88.8 Å². The van der Waals surface area contributed by atoms with Crippen molar-refractivity contribution >= 4 is 11.9 Å². The first-order valence-electron chi connectivity index (χ1n) is 6.90. The van der Waals surface area contributed by atoms with Crippen LogP contribution in [0.4, 0.5) is 4.79 Å². The second-order valence-electron chi connectivity index (χ2n) is 5.48. The van der Waals surface area contributed by atoms with E-state index in [1.165, 1.54) is 5.56 Å². The SMILES string of the molecule is CC(C)C[C@@H]([NH2+][C@H](C)C(=O)NC(N)=O)c1ccccc1. The molecule has 0 spiro atoms. The molecule has 0 aliphatic rings. The van der Waals surface area contributed by atoms with E-state index < -0.39 is 6.03 Å². The van der Waals surface area contributed by atoms with E-state index in [4.69, 9.17) is 5.73 Å². The van der Waals surface area contributed by atoms with Gasteiger partial charge in [0.05, 0.1) is 0 Å². The van der Waals surface area contributed by atoms with E-state index in [2.05, 4.69) is 31.3 Å². The molecule has 0 fully saturated rings. The van der Waals surface area contributed by atoms with Crippen molar-refractivity contribution in [3.63, 3.8) is 0 Å². The maximum atomic E-state index is 11.8. The van der Waals surface area contributed by atoms with Crippen LogP contribution >= 0.6 is 0 Å². The highest BCUT2D eigenvalue weighted by Crippen LogP contribution is 2.17. The van der Waals surface area contributed by atoms with Gasteiger partial charge in [0.25, 0.3) is 5.91 Å². The smallest absolute Gasteiger partial charge is 0.319 e. The van der Waals surface area contributed by atoms with Gasteiger partial charge >= 0.3 is 6.03 Å². The fourth-order valence-corrected chi connectivity index (χ4v) is 2.20. The van der Waals surface area contributed by atoms with Gasteiger partial charge in [0.1, 0.15) is 6.04 Å². The lowest BCUT2D eigenvalue weighted by molar-refractivity contribution is -0.714. The van der Waals surface area contributed by atoms with Gasteiger partial charge < -0.3 is 11.1 Å². The summed E-state index contributed by atoms with van der Waals surface area (Å²) >= 11 is 0. The zero-order chi connectivity index (χ0) is 15.1. The quantitative estimate of drug-likeness (QED) is 0.722. The normalized spacial score (nSPS) is 13.8. The minimum Gasteiger partial charge on any atom is -0.351 e. The fraction of sp³-hybridized carbons (Fsp3) is 0.467. The molecule has 0 aliphatic heterocycles. The van der Waals surface area contributed by atoms with E-state index in [0.29, 0.717) is 5.92 Å². The number of benzene rings is 1. The standard InChI is InChI=1S/C15H23N3O2/c1-10(2)9-13(12-7-5-4-6-8-12)17-11(3)14(19)18-15(16)20/h4-8,10-11,13,17H,9H2,1-3H3,(H3,16,18,19,20)/p+1/t11-,13-/m1/s1. The Labute approximate surface area is 119 Å². The Hall–Kier alpha value is -1.88. The minimum atomic E-state index is -0.810. The van der Waals surface area contributed by atoms with Gasteiger partial charge in [-0.2, -0.15) is 0 Å². The maximum absolute atomic E-state index is 11.8. The zero-order valence-electron chi connectivity index (χ0n) is 12.3. The molecule has 110 valence electrons. The predicted molar refractivity (Wildman–Crippen MR) is 77.8 cm³/mol. The van der Waals surface area contributed by atoms with Crippen molar-refractivity contribution in [2.45, 2.75) is 39.3 Å². The Morgan fingerprint density at radius 1 is 1.20 bits per heavy atom. The molecular formula is C15H24N3O2+. The molecule has 1 rings (SSSR count). The third-order valence-electron chi connectivity index (χ3n) is 3.13. The molecule has 5 nitrogen and oxygen atoms in total. The lowest BCUT2D eigenvalue weighted by Crippen LogP contribution is -2.92. The van der Waals surface area contributed by atoms with Crippen LogP contribution in [0.15, 0.2) is 30.3 Å². The number of carbonyl (C=O) groups is 2. The second kappa shape index (κ2) is 7.65. The maximum Gasteiger partial charge on any atom is 0.319 e. The number of nitrogens with one attached hydrogen (secondary N) is 1. The summed E-state index contributed by atoms with van der Waals surface area (Å²) in [6.45, 7) is 6.07. The lowest BCUT2D eigenvalue weighted by Gasteiger charge is -2.21. The monoisotopic (exact) mass is 278 g/mol. The summed E-state index contributed by atoms with van der Waals surface area (Å²) in [7, 11) is 0. The summed E-state index contributed by atoms with van der Waals surface area (Å²) in [6.07, 6.45) is 0.957. The first-order chi connectivity index (χ1) is 9.40. The van der Waals surface area contributed by atoms with Gasteiger partial charge in [-0.15, -0.1) is 0 Å². The number of urea groups is 1. The summed E-state index contributed by atoms with van der Waals surface area (Å²) in [5, 5.41) is 4.10. The van der Waals surface area contributed by atoms with Gasteiger partial charge in [0.15, 0.2) is 6.04 Å². The summed E-state index contributed by atoms with van der Waals surface area (Å²) in [5.41, 5.74) is 6.15. The van der Waals surface area contributed by atoms with E-state index in [9.17, 15) is 9.59 Å². The van der Waals surface area contributed by atoms with Gasteiger partial charge in [-0.25, -0.2) is 4.79 Å². The molecule has 0 bridgehead atoms. The zero-order valence-corrected chi connectivity index (χ0v) is 12.3. The number of imide groups is 1.